The molecule has 0 unspecified atom stereocenters. The van der Waals surface area contributed by atoms with Crippen molar-refractivity contribution in [2.75, 3.05) is 14.2 Å². The Balaban J connectivity index is 2.04. The number of para-hydroxylation sites is 1. The minimum atomic E-state index is 0.144. The average molecular weight is 287 g/mol. The highest BCUT2D eigenvalue weighted by atomic mass is 16.5. The number of hydrogen-bond donors (Lipinski definition) is 2. The highest BCUT2D eigenvalue weighted by molar-refractivity contribution is 5.42. The lowest BCUT2D eigenvalue weighted by atomic mass is 10.1. The fourth-order valence-electron chi connectivity index (χ4n) is 2.25. The maximum atomic E-state index is 9.78. The first-order valence-corrected chi connectivity index (χ1v) is 6.88. The van der Waals surface area contributed by atoms with Crippen LogP contribution < -0.4 is 14.8 Å². The molecule has 0 spiro atoms. The molecule has 1 atom stereocenters. The van der Waals surface area contributed by atoms with Crippen molar-refractivity contribution in [3.05, 3.63) is 53.6 Å². The van der Waals surface area contributed by atoms with Gasteiger partial charge in [0.05, 0.1) is 14.2 Å². The first-order valence-electron chi connectivity index (χ1n) is 6.88. The third kappa shape index (κ3) is 3.67. The van der Waals surface area contributed by atoms with E-state index in [1.54, 1.807) is 19.2 Å². The number of nitrogens with one attached hydrogen (secondary N) is 1. The van der Waals surface area contributed by atoms with Crippen molar-refractivity contribution >= 4 is 0 Å². The molecule has 0 bridgehead atoms. The predicted molar refractivity (Wildman–Crippen MR) is 82.9 cm³/mol. The Bertz CT molecular complexity index is 598. The normalized spacial score (nSPS) is 12.0. The molecule has 0 radical (unpaired) electrons. The van der Waals surface area contributed by atoms with Gasteiger partial charge in [0.15, 0.2) is 11.5 Å². The fraction of sp³-hybridized carbons (Fsp3) is 0.294. The molecule has 2 aromatic carbocycles. The average Bonchev–Trinajstić information content (AvgIpc) is 2.52. The predicted octanol–water partition coefficient (Wildman–Crippen LogP) is 3.26. The van der Waals surface area contributed by atoms with Crippen LogP contribution in [0.25, 0.3) is 0 Å². The number of rotatable bonds is 6. The Morgan fingerprint density at radius 1 is 1.05 bits per heavy atom. The Hall–Kier alpha value is -2.20. The van der Waals surface area contributed by atoms with Crippen LogP contribution >= 0.6 is 0 Å². The maximum absolute atomic E-state index is 9.78. The third-order valence-corrected chi connectivity index (χ3v) is 3.46. The summed E-state index contributed by atoms with van der Waals surface area (Å²) in [6.07, 6.45) is 0. The summed E-state index contributed by atoms with van der Waals surface area (Å²) in [4.78, 5) is 0. The molecule has 0 saturated heterocycles. The summed E-state index contributed by atoms with van der Waals surface area (Å²) in [6, 6.07) is 13.5. The van der Waals surface area contributed by atoms with Crippen molar-refractivity contribution < 1.29 is 14.6 Å². The molecule has 2 aromatic rings. The number of phenolic OH excluding ortho intramolecular Hbond substituents is 1. The zero-order valence-electron chi connectivity index (χ0n) is 12.6. The molecule has 2 rings (SSSR count). The van der Waals surface area contributed by atoms with Gasteiger partial charge in [-0.05, 0) is 30.7 Å². The van der Waals surface area contributed by atoms with Crippen LogP contribution in [0.5, 0.6) is 17.2 Å². The van der Waals surface area contributed by atoms with E-state index >= 15 is 0 Å². The lowest BCUT2D eigenvalue weighted by molar-refractivity contribution is 0.372. The Morgan fingerprint density at radius 2 is 1.76 bits per heavy atom. The van der Waals surface area contributed by atoms with E-state index in [1.807, 2.05) is 30.3 Å². The summed E-state index contributed by atoms with van der Waals surface area (Å²) in [5.41, 5.74) is 2.10. The van der Waals surface area contributed by atoms with Gasteiger partial charge in [-0.1, -0.05) is 24.3 Å². The SMILES string of the molecule is COc1ccc(CN[C@H](C)c2ccccc2OC)cc1O. The van der Waals surface area contributed by atoms with E-state index in [-0.39, 0.29) is 11.8 Å². The largest absolute Gasteiger partial charge is 0.504 e. The van der Waals surface area contributed by atoms with E-state index in [4.69, 9.17) is 9.47 Å². The van der Waals surface area contributed by atoms with Crippen molar-refractivity contribution in [1.82, 2.24) is 5.32 Å². The molecule has 0 aromatic heterocycles. The van der Waals surface area contributed by atoms with Gasteiger partial charge < -0.3 is 19.9 Å². The zero-order chi connectivity index (χ0) is 15.2. The molecule has 0 aliphatic rings. The van der Waals surface area contributed by atoms with Gasteiger partial charge in [-0.15, -0.1) is 0 Å². The van der Waals surface area contributed by atoms with Gasteiger partial charge in [0, 0.05) is 18.2 Å². The van der Waals surface area contributed by atoms with Crippen LogP contribution in [0.1, 0.15) is 24.1 Å². The monoisotopic (exact) mass is 287 g/mol. The third-order valence-electron chi connectivity index (χ3n) is 3.46. The van der Waals surface area contributed by atoms with Crippen LogP contribution in [0.2, 0.25) is 0 Å². The Labute approximate surface area is 125 Å². The molecule has 0 heterocycles. The number of benzene rings is 2. The fourth-order valence-corrected chi connectivity index (χ4v) is 2.25. The number of ether oxygens (including phenoxy) is 2. The zero-order valence-corrected chi connectivity index (χ0v) is 12.6. The number of aromatic hydroxyl groups is 1. The van der Waals surface area contributed by atoms with Gasteiger partial charge in [-0.2, -0.15) is 0 Å². The van der Waals surface area contributed by atoms with Gasteiger partial charge in [-0.3, -0.25) is 0 Å². The minimum absolute atomic E-state index is 0.144. The van der Waals surface area contributed by atoms with Crippen molar-refractivity contribution in [2.45, 2.75) is 19.5 Å². The lowest BCUT2D eigenvalue weighted by Gasteiger charge is -2.17. The first kappa shape index (κ1) is 15.2. The topological polar surface area (TPSA) is 50.7 Å². The standard InChI is InChI=1S/C17H21NO3/c1-12(14-6-4-5-7-16(14)20-2)18-11-13-8-9-17(21-3)15(19)10-13/h4-10,12,18-19H,11H2,1-3H3/t12-/m1/s1. The van der Waals surface area contributed by atoms with Gasteiger partial charge >= 0.3 is 0 Å². The summed E-state index contributed by atoms with van der Waals surface area (Å²) in [5, 5.41) is 13.2. The van der Waals surface area contributed by atoms with Crippen LogP contribution in [0.4, 0.5) is 0 Å². The molecule has 0 aliphatic heterocycles. The Morgan fingerprint density at radius 3 is 2.43 bits per heavy atom. The first-order chi connectivity index (χ1) is 10.2. The number of methoxy groups -OCH3 is 2. The molecule has 2 N–H and O–H groups in total. The quantitative estimate of drug-likeness (QED) is 0.856. The van der Waals surface area contributed by atoms with Crippen molar-refractivity contribution in [2.24, 2.45) is 0 Å². The van der Waals surface area contributed by atoms with E-state index in [0.29, 0.717) is 12.3 Å². The summed E-state index contributed by atoms with van der Waals surface area (Å²) < 4.78 is 10.4. The molecule has 0 aliphatic carbocycles. The van der Waals surface area contributed by atoms with Gasteiger partial charge in [-0.25, -0.2) is 0 Å². The molecular weight excluding hydrogens is 266 g/mol. The van der Waals surface area contributed by atoms with Gasteiger partial charge in [0.25, 0.3) is 0 Å². The molecule has 0 fully saturated rings. The van der Waals surface area contributed by atoms with E-state index in [2.05, 4.69) is 12.2 Å². The van der Waals surface area contributed by atoms with Crippen LogP contribution in [-0.2, 0) is 6.54 Å². The highest BCUT2D eigenvalue weighted by Gasteiger charge is 2.10. The van der Waals surface area contributed by atoms with Crippen molar-refractivity contribution in [3.63, 3.8) is 0 Å². The summed E-state index contributed by atoms with van der Waals surface area (Å²) in [6.45, 7) is 2.73. The maximum Gasteiger partial charge on any atom is 0.160 e. The van der Waals surface area contributed by atoms with Gasteiger partial charge in [0.2, 0.25) is 0 Å². The van der Waals surface area contributed by atoms with E-state index < -0.39 is 0 Å². The van der Waals surface area contributed by atoms with Crippen LogP contribution in [-0.4, -0.2) is 19.3 Å². The van der Waals surface area contributed by atoms with Crippen molar-refractivity contribution in [3.8, 4) is 17.2 Å². The molecule has 4 nitrogen and oxygen atoms in total. The minimum Gasteiger partial charge on any atom is -0.504 e. The van der Waals surface area contributed by atoms with Crippen LogP contribution in [0.15, 0.2) is 42.5 Å². The van der Waals surface area contributed by atoms with E-state index in [1.165, 1.54) is 7.11 Å². The molecule has 0 saturated carbocycles. The lowest BCUT2D eigenvalue weighted by Crippen LogP contribution is -2.18. The van der Waals surface area contributed by atoms with Crippen LogP contribution in [0.3, 0.4) is 0 Å². The second-order valence-electron chi connectivity index (χ2n) is 4.85. The summed E-state index contributed by atoms with van der Waals surface area (Å²) in [5.74, 6) is 1.51. The summed E-state index contributed by atoms with van der Waals surface area (Å²) >= 11 is 0. The molecule has 4 heteroatoms. The van der Waals surface area contributed by atoms with Gasteiger partial charge in [0.1, 0.15) is 5.75 Å². The molecular formula is C17H21NO3. The smallest absolute Gasteiger partial charge is 0.160 e. The van der Waals surface area contributed by atoms with Crippen molar-refractivity contribution in [1.29, 1.82) is 0 Å². The Kier molecular flexibility index (Phi) is 5.06. The van der Waals surface area contributed by atoms with E-state index in [0.717, 1.165) is 16.9 Å². The molecule has 112 valence electrons. The summed E-state index contributed by atoms with van der Waals surface area (Å²) in [7, 11) is 3.21. The van der Waals surface area contributed by atoms with Crippen LogP contribution in [0, 0.1) is 0 Å². The van der Waals surface area contributed by atoms with E-state index in [9.17, 15) is 5.11 Å². The number of hydrogen-bond acceptors (Lipinski definition) is 4. The number of phenols is 1. The second-order valence-corrected chi connectivity index (χ2v) is 4.85. The molecule has 0 amide bonds. The molecule has 21 heavy (non-hydrogen) atoms. The highest BCUT2D eigenvalue weighted by Crippen LogP contribution is 2.27. The second kappa shape index (κ2) is 6.99.